The SMILES string of the molecule is CC(C)(C)OC(=O)NC(NC(=O)OC(C)(C)C)C1CNC1. The molecule has 21 heavy (non-hydrogen) atoms. The average molecular weight is 301 g/mol. The van der Waals surface area contributed by atoms with Crippen LogP contribution in [-0.2, 0) is 9.47 Å². The molecule has 1 aliphatic rings. The van der Waals surface area contributed by atoms with Gasteiger partial charge in [0.2, 0.25) is 0 Å². The first kappa shape index (κ1) is 17.6. The molecule has 0 saturated carbocycles. The van der Waals surface area contributed by atoms with Crippen LogP contribution in [-0.4, -0.2) is 42.6 Å². The van der Waals surface area contributed by atoms with Crippen molar-refractivity contribution in [3.63, 3.8) is 0 Å². The minimum absolute atomic E-state index is 0.116. The summed E-state index contributed by atoms with van der Waals surface area (Å²) in [5.74, 6) is 0.116. The molecule has 1 heterocycles. The second-order valence-electron chi connectivity index (χ2n) is 7.19. The Balaban J connectivity index is 2.56. The van der Waals surface area contributed by atoms with Crippen LogP contribution in [0.1, 0.15) is 41.5 Å². The summed E-state index contributed by atoms with van der Waals surface area (Å²) < 4.78 is 10.4. The van der Waals surface area contributed by atoms with Gasteiger partial charge in [-0.25, -0.2) is 9.59 Å². The highest BCUT2D eigenvalue weighted by molar-refractivity contribution is 5.71. The van der Waals surface area contributed by atoms with Crippen LogP contribution in [0, 0.1) is 5.92 Å². The number of carbonyl (C=O) groups is 2. The summed E-state index contributed by atoms with van der Waals surface area (Å²) in [4.78, 5) is 23.7. The van der Waals surface area contributed by atoms with Crippen LogP contribution in [0.2, 0.25) is 0 Å². The Morgan fingerprint density at radius 1 is 0.952 bits per heavy atom. The topological polar surface area (TPSA) is 88.7 Å². The van der Waals surface area contributed by atoms with Crippen LogP contribution in [0.3, 0.4) is 0 Å². The number of hydrogen-bond donors (Lipinski definition) is 3. The molecule has 3 N–H and O–H groups in total. The van der Waals surface area contributed by atoms with E-state index in [1.54, 1.807) is 41.5 Å². The number of hydrogen-bond acceptors (Lipinski definition) is 5. The van der Waals surface area contributed by atoms with Crippen molar-refractivity contribution in [1.29, 1.82) is 0 Å². The van der Waals surface area contributed by atoms with Crippen LogP contribution >= 0.6 is 0 Å². The number of carbonyl (C=O) groups excluding carboxylic acids is 2. The van der Waals surface area contributed by atoms with Crippen molar-refractivity contribution in [1.82, 2.24) is 16.0 Å². The van der Waals surface area contributed by atoms with E-state index in [4.69, 9.17) is 9.47 Å². The Kier molecular flexibility index (Phi) is 5.44. The van der Waals surface area contributed by atoms with Crippen molar-refractivity contribution < 1.29 is 19.1 Å². The predicted octanol–water partition coefficient (Wildman–Crippen LogP) is 1.58. The average Bonchev–Trinajstić information content (AvgIpc) is 2.06. The first-order chi connectivity index (χ1) is 9.46. The first-order valence-electron chi connectivity index (χ1n) is 7.16. The van der Waals surface area contributed by atoms with E-state index in [2.05, 4.69) is 16.0 Å². The Labute approximate surface area is 126 Å². The Hall–Kier alpha value is -1.50. The zero-order valence-electron chi connectivity index (χ0n) is 13.7. The Morgan fingerprint density at radius 2 is 1.33 bits per heavy atom. The van der Waals surface area contributed by atoms with Crippen LogP contribution in [0.15, 0.2) is 0 Å². The van der Waals surface area contributed by atoms with Gasteiger partial charge in [0.15, 0.2) is 0 Å². The molecule has 0 atom stereocenters. The van der Waals surface area contributed by atoms with Crippen molar-refractivity contribution in [3.8, 4) is 0 Å². The zero-order valence-corrected chi connectivity index (χ0v) is 13.7. The monoisotopic (exact) mass is 301 g/mol. The second kappa shape index (κ2) is 6.51. The molecule has 0 aromatic heterocycles. The molecule has 0 radical (unpaired) electrons. The van der Waals surface area contributed by atoms with E-state index >= 15 is 0 Å². The number of amides is 2. The van der Waals surface area contributed by atoms with Gasteiger partial charge in [0.05, 0.1) is 0 Å². The van der Waals surface area contributed by atoms with E-state index in [1.165, 1.54) is 0 Å². The van der Waals surface area contributed by atoms with Crippen molar-refractivity contribution in [2.75, 3.05) is 13.1 Å². The summed E-state index contributed by atoms with van der Waals surface area (Å²) in [5.41, 5.74) is -1.17. The Bertz CT molecular complexity index is 351. The van der Waals surface area contributed by atoms with Crippen LogP contribution < -0.4 is 16.0 Å². The minimum Gasteiger partial charge on any atom is -0.444 e. The molecule has 1 aliphatic heterocycles. The zero-order chi connectivity index (χ0) is 16.3. The van der Waals surface area contributed by atoms with Gasteiger partial charge in [0, 0.05) is 19.0 Å². The van der Waals surface area contributed by atoms with Gasteiger partial charge in [-0.3, -0.25) is 0 Å². The molecule has 0 aliphatic carbocycles. The fraction of sp³-hybridized carbons (Fsp3) is 0.857. The van der Waals surface area contributed by atoms with Crippen LogP contribution in [0.4, 0.5) is 9.59 Å². The fourth-order valence-electron chi connectivity index (χ4n) is 1.69. The van der Waals surface area contributed by atoms with Gasteiger partial charge in [-0.05, 0) is 41.5 Å². The third-order valence-corrected chi connectivity index (χ3v) is 2.63. The maximum absolute atomic E-state index is 11.8. The molecule has 1 saturated heterocycles. The standard InChI is InChI=1S/C14H27N3O4/c1-13(2,3)20-11(18)16-10(9-7-15-8-9)17-12(19)21-14(4,5)6/h9-10,15H,7-8H2,1-6H3,(H,16,18)(H,17,19). The summed E-state index contributed by atoms with van der Waals surface area (Å²) in [7, 11) is 0. The summed E-state index contributed by atoms with van der Waals surface area (Å²) in [6, 6.07) is 0. The van der Waals surface area contributed by atoms with Crippen LogP contribution in [0.25, 0.3) is 0 Å². The lowest BCUT2D eigenvalue weighted by atomic mass is 10.00. The van der Waals surface area contributed by atoms with E-state index in [0.29, 0.717) is 0 Å². The van der Waals surface area contributed by atoms with Gasteiger partial charge in [-0.2, -0.15) is 0 Å². The van der Waals surface area contributed by atoms with Crippen molar-refractivity contribution >= 4 is 12.2 Å². The molecule has 122 valence electrons. The highest BCUT2D eigenvalue weighted by atomic mass is 16.6. The van der Waals surface area contributed by atoms with Gasteiger partial charge in [-0.1, -0.05) is 0 Å². The first-order valence-corrected chi connectivity index (χ1v) is 7.16. The molecule has 7 nitrogen and oxygen atoms in total. The molecule has 0 unspecified atom stereocenters. The van der Waals surface area contributed by atoms with Crippen LogP contribution in [0.5, 0.6) is 0 Å². The maximum Gasteiger partial charge on any atom is 0.409 e. The fourth-order valence-corrected chi connectivity index (χ4v) is 1.69. The van der Waals surface area contributed by atoms with E-state index in [9.17, 15) is 9.59 Å². The number of nitrogens with one attached hydrogen (secondary N) is 3. The molecule has 0 spiro atoms. The van der Waals surface area contributed by atoms with E-state index in [0.717, 1.165) is 13.1 Å². The molecule has 1 rings (SSSR count). The Morgan fingerprint density at radius 3 is 1.57 bits per heavy atom. The highest BCUT2D eigenvalue weighted by Gasteiger charge is 2.32. The number of alkyl carbamates (subject to hydrolysis) is 2. The molecular weight excluding hydrogens is 274 g/mol. The lowest BCUT2D eigenvalue weighted by Gasteiger charge is -2.36. The molecule has 7 heteroatoms. The second-order valence-corrected chi connectivity index (χ2v) is 7.19. The summed E-state index contributed by atoms with van der Waals surface area (Å²) in [6.45, 7) is 12.2. The van der Waals surface area contributed by atoms with Gasteiger partial charge < -0.3 is 25.4 Å². The van der Waals surface area contributed by atoms with E-state index in [1.807, 2.05) is 0 Å². The summed E-state index contributed by atoms with van der Waals surface area (Å²) in [6.07, 6.45) is -1.64. The number of ether oxygens (including phenoxy) is 2. The van der Waals surface area contributed by atoms with Crippen molar-refractivity contribution in [2.24, 2.45) is 5.92 Å². The molecule has 1 fully saturated rings. The third kappa shape index (κ3) is 7.17. The molecule has 0 aromatic rings. The van der Waals surface area contributed by atoms with Crippen molar-refractivity contribution in [3.05, 3.63) is 0 Å². The van der Waals surface area contributed by atoms with Gasteiger partial charge in [-0.15, -0.1) is 0 Å². The molecule has 0 bridgehead atoms. The van der Waals surface area contributed by atoms with Gasteiger partial charge in [0.25, 0.3) is 0 Å². The van der Waals surface area contributed by atoms with Crippen molar-refractivity contribution in [2.45, 2.75) is 58.9 Å². The minimum atomic E-state index is -0.585. The maximum atomic E-state index is 11.8. The van der Waals surface area contributed by atoms with E-state index in [-0.39, 0.29) is 5.92 Å². The molecule has 0 aromatic carbocycles. The van der Waals surface area contributed by atoms with Gasteiger partial charge in [0.1, 0.15) is 17.4 Å². The quantitative estimate of drug-likeness (QED) is 0.689. The molecular formula is C14H27N3O4. The third-order valence-electron chi connectivity index (χ3n) is 2.63. The number of rotatable bonds is 3. The summed E-state index contributed by atoms with van der Waals surface area (Å²) in [5, 5.41) is 8.46. The predicted molar refractivity (Wildman–Crippen MR) is 78.9 cm³/mol. The largest absolute Gasteiger partial charge is 0.444 e. The van der Waals surface area contributed by atoms with Gasteiger partial charge >= 0.3 is 12.2 Å². The smallest absolute Gasteiger partial charge is 0.409 e. The van der Waals surface area contributed by atoms with E-state index < -0.39 is 29.6 Å². The molecule has 2 amide bonds. The normalized spacial score (nSPS) is 16.1. The lowest BCUT2D eigenvalue weighted by molar-refractivity contribution is 0.0366. The highest BCUT2D eigenvalue weighted by Crippen LogP contribution is 2.12. The lowest BCUT2D eigenvalue weighted by Crippen LogP contribution is -2.62. The summed E-state index contributed by atoms with van der Waals surface area (Å²) >= 11 is 0.